The Balaban J connectivity index is 2.19. The molecule has 1 amide bonds. The quantitative estimate of drug-likeness (QED) is 0.553. The van der Waals surface area contributed by atoms with Gasteiger partial charge in [0, 0.05) is 13.5 Å². The van der Waals surface area contributed by atoms with Gasteiger partial charge in [-0.3, -0.25) is 14.4 Å². The van der Waals surface area contributed by atoms with E-state index in [1.807, 2.05) is 0 Å². The smallest absolute Gasteiger partial charge is 0.311 e. The summed E-state index contributed by atoms with van der Waals surface area (Å²) in [5, 5.41) is 4.66. The number of piperidine rings is 1. The summed E-state index contributed by atoms with van der Waals surface area (Å²) in [5.74, 6) is -0.943. The van der Waals surface area contributed by atoms with Gasteiger partial charge in [0.15, 0.2) is 0 Å². The fourth-order valence-corrected chi connectivity index (χ4v) is 3.11. The lowest BCUT2D eigenvalue weighted by Crippen LogP contribution is -2.56. The summed E-state index contributed by atoms with van der Waals surface area (Å²) in [6.07, 6.45) is 1.52. The van der Waals surface area contributed by atoms with E-state index in [9.17, 15) is 9.59 Å². The van der Waals surface area contributed by atoms with E-state index >= 15 is 0 Å². The van der Waals surface area contributed by atoms with Crippen LogP contribution in [0.1, 0.15) is 19.3 Å². The van der Waals surface area contributed by atoms with Crippen LogP contribution in [0.2, 0.25) is 0 Å². The Labute approximate surface area is 118 Å². The summed E-state index contributed by atoms with van der Waals surface area (Å²) in [4.78, 5) is 29.8. The Hall–Kier alpha value is -1.18. The van der Waals surface area contributed by atoms with E-state index in [0.29, 0.717) is 26.1 Å². The SMILES string of the molecule is COCCON1C(=O)C[C@H](C(=O)OC)C12CCNCC2. The fraction of sp³-hybridized carbons (Fsp3) is 0.846. The van der Waals surface area contributed by atoms with Crippen molar-refractivity contribution in [3.05, 3.63) is 0 Å². The van der Waals surface area contributed by atoms with Gasteiger partial charge < -0.3 is 14.8 Å². The van der Waals surface area contributed by atoms with E-state index in [0.717, 1.165) is 13.1 Å². The summed E-state index contributed by atoms with van der Waals surface area (Å²) in [5.41, 5.74) is -0.580. The molecule has 0 aliphatic carbocycles. The van der Waals surface area contributed by atoms with E-state index in [2.05, 4.69) is 5.32 Å². The average Bonchev–Trinajstić information content (AvgIpc) is 2.73. The third kappa shape index (κ3) is 2.65. The molecule has 0 aromatic carbocycles. The van der Waals surface area contributed by atoms with Crippen LogP contribution in [0, 0.1) is 5.92 Å². The minimum absolute atomic E-state index is 0.152. The number of nitrogens with one attached hydrogen (secondary N) is 1. The van der Waals surface area contributed by atoms with Crippen LogP contribution in [0.4, 0.5) is 0 Å². The van der Waals surface area contributed by atoms with Gasteiger partial charge in [0.2, 0.25) is 5.91 Å². The minimum atomic E-state index is -0.580. The number of hydrogen-bond donors (Lipinski definition) is 1. The van der Waals surface area contributed by atoms with Crippen molar-refractivity contribution < 1.29 is 23.9 Å². The number of esters is 1. The lowest BCUT2D eigenvalue weighted by molar-refractivity contribution is -0.223. The van der Waals surface area contributed by atoms with Gasteiger partial charge in [-0.2, -0.15) is 0 Å². The van der Waals surface area contributed by atoms with Gasteiger partial charge in [-0.05, 0) is 25.9 Å². The Morgan fingerprint density at radius 2 is 2.05 bits per heavy atom. The number of carbonyl (C=O) groups is 2. The van der Waals surface area contributed by atoms with Crippen LogP contribution in [-0.4, -0.2) is 63.0 Å². The van der Waals surface area contributed by atoms with Crippen molar-refractivity contribution in [3.8, 4) is 0 Å². The Morgan fingerprint density at radius 3 is 2.65 bits per heavy atom. The second-order valence-electron chi connectivity index (χ2n) is 5.15. The van der Waals surface area contributed by atoms with Gasteiger partial charge in [0.25, 0.3) is 0 Å². The van der Waals surface area contributed by atoms with Gasteiger partial charge >= 0.3 is 5.97 Å². The molecule has 2 saturated heterocycles. The number of methoxy groups -OCH3 is 2. The summed E-state index contributed by atoms with van der Waals surface area (Å²) < 4.78 is 9.81. The maximum Gasteiger partial charge on any atom is 0.311 e. The molecule has 2 aliphatic heterocycles. The zero-order valence-corrected chi connectivity index (χ0v) is 12.0. The van der Waals surface area contributed by atoms with E-state index in [1.54, 1.807) is 7.11 Å². The van der Waals surface area contributed by atoms with Gasteiger partial charge in [0.1, 0.15) is 0 Å². The molecule has 2 rings (SSSR count). The third-order valence-corrected chi connectivity index (χ3v) is 4.12. The van der Waals surface area contributed by atoms with Crippen molar-refractivity contribution >= 4 is 11.9 Å². The van der Waals surface area contributed by atoms with Crippen molar-refractivity contribution in [2.75, 3.05) is 40.5 Å². The summed E-state index contributed by atoms with van der Waals surface area (Å²) in [6.45, 7) is 2.21. The lowest BCUT2D eigenvalue weighted by Gasteiger charge is -2.42. The van der Waals surface area contributed by atoms with Crippen LogP contribution in [-0.2, 0) is 23.9 Å². The minimum Gasteiger partial charge on any atom is -0.469 e. The molecule has 0 unspecified atom stereocenters. The van der Waals surface area contributed by atoms with Gasteiger partial charge in [-0.15, -0.1) is 0 Å². The largest absolute Gasteiger partial charge is 0.469 e. The molecule has 0 aromatic rings. The standard InChI is InChI=1S/C13H22N2O5/c1-18-7-8-20-15-11(16)9-10(12(17)19-2)13(15)3-5-14-6-4-13/h10,14H,3-9H2,1-2H3/t10-/m1/s1. The highest BCUT2D eigenvalue weighted by Crippen LogP contribution is 2.43. The van der Waals surface area contributed by atoms with Crippen LogP contribution in [0.25, 0.3) is 0 Å². The second-order valence-corrected chi connectivity index (χ2v) is 5.15. The molecule has 2 heterocycles. The topological polar surface area (TPSA) is 77.1 Å². The number of amides is 1. The van der Waals surface area contributed by atoms with Crippen LogP contribution >= 0.6 is 0 Å². The number of hydrogen-bond acceptors (Lipinski definition) is 6. The number of carbonyl (C=O) groups excluding carboxylic acids is 2. The van der Waals surface area contributed by atoms with Crippen molar-refractivity contribution in [1.82, 2.24) is 10.4 Å². The summed E-state index contributed by atoms with van der Waals surface area (Å²) >= 11 is 0. The lowest BCUT2D eigenvalue weighted by atomic mass is 9.78. The molecular formula is C13H22N2O5. The Morgan fingerprint density at radius 1 is 1.35 bits per heavy atom. The first-order valence-electron chi connectivity index (χ1n) is 6.89. The van der Waals surface area contributed by atoms with E-state index in [4.69, 9.17) is 14.3 Å². The van der Waals surface area contributed by atoms with Crippen LogP contribution < -0.4 is 5.32 Å². The average molecular weight is 286 g/mol. The maximum atomic E-state index is 12.2. The Bertz CT molecular complexity index is 368. The molecule has 7 nitrogen and oxygen atoms in total. The number of ether oxygens (including phenoxy) is 2. The van der Waals surface area contributed by atoms with Crippen molar-refractivity contribution in [3.63, 3.8) is 0 Å². The zero-order valence-electron chi connectivity index (χ0n) is 12.0. The molecule has 0 saturated carbocycles. The van der Waals surface area contributed by atoms with Crippen molar-refractivity contribution in [2.45, 2.75) is 24.8 Å². The van der Waals surface area contributed by atoms with Gasteiger partial charge in [-0.1, -0.05) is 0 Å². The highest BCUT2D eigenvalue weighted by atomic mass is 16.7. The predicted molar refractivity (Wildman–Crippen MR) is 69.6 cm³/mol. The normalized spacial score (nSPS) is 25.2. The highest BCUT2D eigenvalue weighted by molar-refractivity contribution is 5.88. The molecule has 20 heavy (non-hydrogen) atoms. The predicted octanol–water partition coefficient (Wildman–Crippen LogP) is -0.292. The molecule has 0 aromatic heterocycles. The van der Waals surface area contributed by atoms with Crippen molar-refractivity contribution in [2.24, 2.45) is 5.92 Å². The van der Waals surface area contributed by atoms with Crippen LogP contribution in [0.5, 0.6) is 0 Å². The molecule has 2 fully saturated rings. The highest BCUT2D eigenvalue weighted by Gasteiger charge is 2.57. The molecule has 1 N–H and O–H groups in total. The number of nitrogens with zero attached hydrogens (tertiary/aromatic N) is 1. The first-order chi connectivity index (χ1) is 9.65. The molecule has 7 heteroatoms. The molecular weight excluding hydrogens is 264 g/mol. The van der Waals surface area contributed by atoms with Crippen LogP contribution in [0.3, 0.4) is 0 Å². The first kappa shape index (κ1) is 15.2. The number of hydroxylamine groups is 2. The van der Waals surface area contributed by atoms with Crippen molar-refractivity contribution in [1.29, 1.82) is 0 Å². The van der Waals surface area contributed by atoms with E-state index < -0.39 is 11.5 Å². The van der Waals surface area contributed by atoms with E-state index in [-0.39, 0.29) is 18.3 Å². The monoisotopic (exact) mass is 286 g/mol. The molecule has 1 atom stereocenters. The van der Waals surface area contributed by atoms with Gasteiger partial charge in [-0.25, -0.2) is 5.06 Å². The molecule has 114 valence electrons. The third-order valence-electron chi connectivity index (χ3n) is 4.12. The fourth-order valence-electron chi connectivity index (χ4n) is 3.11. The molecule has 0 radical (unpaired) electrons. The molecule has 0 bridgehead atoms. The second kappa shape index (κ2) is 6.51. The maximum absolute atomic E-state index is 12.2. The number of rotatable bonds is 5. The van der Waals surface area contributed by atoms with E-state index in [1.165, 1.54) is 12.2 Å². The molecule has 1 spiro atoms. The first-order valence-corrected chi connectivity index (χ1v) is 6.89. The Kier molecular flexibility index (Phi) is 4.95. The van der Waals surface area contributed by atoms with Crippen LogP contribution in [0.15, 0.2) is 0 Å². The molecule has 2 aliphatic rings. The van der Waals surface area contributed by atoms with Gasteiger partial charge in [0.05, 0.1) is 31.8 Å². The zero-order chi connectivity index (χ0) is 14.6. The summed E-state index contributed by atoms with van der Waals surface area (Å²) in [7, 11) is 2.93. The summed E-state index contributed by atoms with van der Waals surface area (Å²) in [6, 6.07) is 0.